The number of nitrogens with zero attached hydrogens (tertiary/aromatic N) is 1. The van der Waals surface area contributed by atoms with Crippen LogP contribution < -0.4 is 10.6 Å². The maximum atomic E-state index is 14.0. The standard InChI is InChI=1S/C29H27Cl2F2N3O3/c30-20-4-1-19(25(31)15-20)17-34-27(37)23(18-2-5-21(32)6-3-18)9-12-36-13-10-29(11-14-36)24-16-22(33)7-8-26(24)35-28(38)39-29/h1-8,15-16,23H,9-14,17H2,(H,34,37)(H,35,38). The third-order valence-electron chi connectivity index (χ3n) is 7.45. The summed E-state index contributed by atoms with van der Waals surface area (Å²) in [6, 6.07) is 15.3. The van der Waals surface area contributed by atoms with E-state index in [2.05, 4.69) is 15.5 Å². The molecule has 10 heteroatoms. The lowest BCUT2D eigenvalue weighted by Gasteiger charge is -2.44. The van der Waals surface area contributed by atoms with Gasteiger partial charge in [-0.3, -0.25) is 10.1 Å². The van der Waals surface area contributed by atoms with Gasteiger partial charge in [-0.05, 0) is 66.6 Å². The van der Waals surface area contributed by atoms with Crippen LogP contribution >= 0.6 is 23.2 Å². The van der Waals surface area contributed by atoms with E-state index in [9.17, 15) is 18.4 Å². The molecule has 2 N–H and O–H groups in total. The average Bonchev–Trinajstić information content (AvgIpc) is 2.91. The van der Waals surface area contributed by atoms with Crippen molar-refractivity contribution >= 4 is 40.9 Å². The molecular formula is C29H27Cl2F2N3O3. The third kappa shape index (κ3) is 6.19. The van der Waals surface area contributed by atoms with Crippen molar-refractivity contribution in [2.75, 3.05) is 25.0 Å². The predicted molar refractivity (Wildman–Crippen MR) is 146 cm³/mol. The zero-order valence-electron chi connectivity index (χ0n) is 21.0. The molecule has 1 atom stereocenters. The molecule has 0 aliphatic carbocycles. The fourth-order valence-corrected chi connectivity index (χ4v) is 5.78. The SMILES string of the molecule is O=C1Nc2ccc(F)cc2C2(CCN(CCC(C(=O)NCc3ccc(Cl)cc3Cl)c3ccc(F)cc3)CC2)O1. The number of amides is 2. The van der Waals surface area contributed by atoms with Crippen molar-refractivity contribution in [2.45, 2.75) is 37.3 Å². The molecule has 204 valence electrons. The van der Waals surface area contributed by atoms with Crippen LogP contribution in [0.2, 0.25) is 10.0 Å². The number of piperidine rings is 1. The minimum absolute atomic E-state index is 0.196. The van der Waals surface area contributed by atoms with Gasteiger partial charge in [-0.2, -0.15) is 0 Å². The number of ether oxygens (including phenoxy) is 1. The van der Waals surface area contributed by atoms with Crippen LogP contribution in [0.4, 0.5) is 19.3 Å². The van der Waals surface area contributed by atoms with E-state index in [0.29, 0.717) is 65.8 Å². The molecule has 0 radical (unpaired) electrons. The van der Waals surface area contributed by atoms with Crippen molar-refractivity contribution in [3.63, 3.8) is 0 Å². The highest BCUT2D eigenvalue weighted by atomic mass is 35.5. The summed E-state index contributed by atoms with van der Waals surface area (Å²) in [6.07, 6.45) is 0.945. The number of hydrogen-bond donors (Lipinski definition) is 2. The van der Waals surface area contributed by atoms with E-state index in [-0.39, 0.29) is 24.1 Å². The summed E-state index contributed by atoms with van der Waals surface area (Å²) in [7, 11) is 0. The Morgan fingerprint density at radius 3 is 2.46 bits per heavy atom. The van der Waals surface area contributed by atoms with Crippen LogP contribution in [0, 0.1) is 11.6 Å². The van der Waals surface area contributed by atoms with Crippen molar-refractivity contribution in [2.24, 2.45) is 0 Å². The molecule has 2 aliphatic heterocycles. The number of anilines is 1. The number of benzene rings is 3. The molecule has 0 saturated carbocycles. The van der Waals surface area contributed by atoms with Crippen LogP contribution in [0.1, 0.15) is 41.9 Å². The first-order valence-corrected chi connectivity index (χ1v) is 13.5. The van der Waals surface area contributed by atoms with E-state index >= 15 is 0 Å². The Balaban J connectivity index is 1.25. The second-order valence-corrected chi connectivity index (χ2v) is 10.7. The van der Waals surface area contributed by atoms with Gasteiger partial charge in [0, 0.05) is 48.1 Å². The predicted octanol–water partition coefficient (Wildman–Crippen LogP) is 6.62. The first-order valence-electron chi connectivity index (χ1n) is 12.7. The molecular weight excluding hydrogens is 547 g/mol. The Morgan fingerprint density at radius 2 is 1.74 bits per heavy atom. The number of carbonyl (C=O) groups is 2. The van der Waals surface area contributed by atoms with E-state index < -0.39 is 17.6 Å². The van der Waals surface area contributed by atoms with Crippen molar-refractivity contribution in [1.82, 2.24) is 10.2 Å². The largest absolute Gasteiger partial charge is 0.438 e. The molecule has 1 fully saturated rings. The number of hydrogen-bond acceptors (Lipinski definition) is 4. The van der Waals surface area contributed by atoms with Crippen LogP contribution in [-0.2, 0) is 21.7 Å². The molecule has 3 aromatic carbocycles. The topological polar surface area (TPSA) is 70.7 Å². The van der Waals surface area contributed by atoms with Crippen LogP contribution in [0.5, 0.6) is 0 Å². The smallest absolute Gasteiger partial charge is 0.412 e. The van der Waals surface area contributed by atoms with Crippen LogP contribution in [0.3, 0.4) is 0 Å². The molecule has 2 aliphatic rings. The summed E-state index contributed by atoms with van der Waals surface area (Å²) in [4.78, 5) is 27.7. The average molecular weight is 574 g/mol. The van der Waals surface area contributed by atoms with E-state index in [4.69, 9.17) is 27.9 Å². The lowest BCUT2D eigenvalue weighted by Crippen LogP contribution is -2.48. The zero-order chi connectivity index (χ0) is 27.6. The molecule has 5 rings (SSSR count). The van der Waals surface area contributed by atoms with Gasteiger partial charge in [0.2, 0.25) is 5.91 Å². The Morgan fingerprint density at radius 1 is 1.03 bits per heavy atom. The van der Waals surface area contributed by atoms with Crippen molar-refractivity contribution in [3.8, 4) is 0 Å². The second kappa shape index (κ2) is 11.5. The molecule has 2 amide bonds. The summed E-state index contributed by atoms with van der Waals surface area (Å²) in [5.41, 5.74) is 1.77. The lowest BCUT2D eigenvalue weighted by molar-refractivity contribution is -0.123. The monoisotopic (exact) mass is 573 g/mol. The van der Waals surface area contributed by atoms with Crippen molar-refractivity contribution < 1.29 is 23.1 Å². The fourth-order valence-electron chi connectivity index (χ4n) is 5.31. The number of nitrogens with one attached hydrogen (secondary N) is 2. The molecule has 0 aromatic heterocycles. The van der Waals surface area contributed by atoms with Gasteiger partial charge >= 0.3 is 6.09 Å². The van der Waals surface area contributed by atoms with E-state index in [1.54, 1.807) is 36.4 Å². The number of halogens is 4. The third-order valence-corrected chi connectivity index (χ3v) is 8.04. The van der Waals surface area contributed by atoms with Gasteiger partial charge in [-0.1, -0.05) is 41.4 Å². The molecule has 3 aromatic rings. The Kier molecular flexibility index (Phi) is 8.07. The van der Waals surface area contributed by atoms with Gasteiger partial charge in [0.1, 0.15) is 17.2 Å². The number of likely N-dealkylation sites (tertiary alicyclic amines) is 1. The lowest BCUT2D eigenvalue weighted by atomic mass is 9.82. The quantitative estimate of drug-likeness (QED) is 0.333. The van der Waals surface area contributed by atoms with Gasteiger partial charge in [0.05, 0.1) is 11.6 Å². The maximum absolute atomic E-state index is 14.0. The second-order valence-electron chi connectivity index (χ2n) is 9.89. The molecule has 6 nitrogen and oxygen atoms in total. The minimum Gasteiger partial charge on any atom is -0.438 e. The fraction of sp³-hybridized carbons (Fsp3) is 0.310. The zero-order valence-corrected chi connectivity index (χ0v) is 22.5. The highest BCUT2D eigenvalue weighted by Crippen LogP contribution is 2.43. The van der Waals surface area contributed by atoms with Gasteiger partial charge in [-0.25, -0.2) is 13.6 Å². The summed E-state index contributed by atoms with van der Waals surface area (Å²) >= 11 is 12.2. The highest BCUT2D eigenvalue weighted by molar-refractivity contribution is 6.35. The van der Waals surface area contributed by atoms with Gasteiger partial charge in [-0.15, -0.1) is 0 Å². The van der Waals surface area contributed by atoms with Crippen molar-refractivity contribution in [1.29, 1.82) is 0 Å². The van der Waals surface area contributed by atoms with Gasteiger partial charge in [0.15, 0.2) is 0 Å². The highest BCUT2D eigenvalue weighted by Gasteiger charge is 2.44. The van der Waals surface area contributed by atoms with Crippen LogP contribution in [0.15, 0.2) is 60.7 Å². The summed E-state index contributed by atoms with van der Waals surface area (Å²) in [6.45, 7) is 2.02. The first kappa shape index (κ1) is 27.4. The molecule has 39 heavy (non-hydrogen) atoms. The number of fused-ring (bicyclic) bond motifs is 2. The molecule has 1 spiro atoms. The molecule has 2 heterocycles. The van der Waals surface area contributed by atoms with Crippen molar-refractivity contribution in [3.05, 3.63) is 99.0 Å². The normalized spacial score (nSPS) is 17.2. The van der Waals surface area contributed by atoms with E-state index in [1.807, 2.05) is 0 Å². The van der Waals surface area contributed by atoms with Gasteiger partial charge in [0.25, 0.3) is 0 Å². The molecule has 1 unspecified atom stereocenters. The van der Waals surface area contributed by atoms with E-state index in [0.717, 1.165) is 5.56 Å². The summed E-state index contributed by atoms with van der Waals surface area (Å²) < 4.78 is 33.4. The minimum atomic E-state index is -0.887. The number of rotatable bonds is 7. The summed E-state index contributed by atoms with van der Waals surface area (Å²) in [5, 5.41) is 6.57. The van der Waals surface area contributed by atoms with Gasteiger partial charge < -0.3 is 15.0 Å². The Bertz CT molecular complexity index is 1380. The van der Waals surface area contributed by atoms with Crippen LogP contribution in [0.25, 0.3) is 0 Å². The number of carbonyl (C=O) groups excluding carboxylic acids is 2. The maximum Gasteiger partial charge on any atom is 0.412 e. The first-order chi connectivity index (χ1) is 18.7. The summed E-state index contributed by atoms with van der Waals surface area (Å²) in [5.74, 6) is -1.47. The Labute approximate surface area is 235 Å². The van der Waals surface area contributed by atoms with E-state index in [1.165, 1.54) is 24.3 Å². The molecule has 1 saturated heterocycles. The van der Waals surface area contributed by atoms with Crippen LogP contribution in [-0.4, -0.2) is 36.5 Å². The Hall–Kier alpha value is -3.20. The molecule has 0 bridgehead atoms.